The second-order valence-corrected chi connectivity index (χ2v) is 4.84. The third kappa shape index (κ3) is 3.28. The summed E-state index contributed by atoms with van der Waals surface area (Å²) in [5, 5.41) is 13.6. The van der Waals surface area contributed by atoms with Gasteiger partial charge in [-0.15, -0.1) is 0 Å². The Kier molecular flexibility index (Phi) is 4.45. The zero-order valence-corrected chi connectivity index (χ0v) is 11.6. The van der Waals surface area contributed by atoms with Gasteiger partial charge in [0, 0.05) is 5.39 Å². The Bertz CT molecular complexity index is 533. The fraction of sp³-hybridized carbons (Fsp3) is 0.467. The Morgan fingerprint density at radius 2 is 2.16 bits per heavy atom. The third-order valence-corrected chi connectivity index (χ3v) is 3.19. The number of furan rings is 1. The maximum Gasteiger partial charge on any atom is 0.176 e. The van der Waals surface area contributed by atoms with Crippen molar-refractivity contribution in [1.29, 1.82) is 0 Å². The zero-order valence-electron chi connectivity index (χ0n) is 11.6. The summed E-state index contributed by atoms with van der Waals surface area (Å²) >= 11 is 0. The Balaban J connectivity index is 2.12. The molecular formula is C15H21NO3. The van der Waals surface area contributed by atoms with Crippen LogP contribution in [0.3, 0.4) is 0 Å². The van der Waals surface area contributed by atoms with Gasteiger partial charge in [-0.25, -0.2) is 0 Å². The molecule has 0 amide bonds. The fourth-order valence-electron chi connectivity index (χ4n) is 2.04. The molecule has 0 fully saturated rings. The average Bonchev–Trinajstić information content (AvgIpc) is 2.81. The second kappa shape index (κ2) is 6.08. The van der Waals surface area contributed by atoms with Crippen LogP contribution < -0.4 is 10.1 Å². The van der Waals surface area contributed by atoms with E-state index in [-0.39, 0.29) is 12.1 Å². The Labute approximate surface area is 113 Å². The van der Waals surface area contributed by atoms with Gasteiger partial charge in [-0.3, -0.25) is 0 Å². The van der Waals surface area contributed by atoms with Gasteiger partial charge in [0.1, 0.15) is 5.76 Å². The largest absolute Gasteiger partial charge is 0.493 e. The molecule has 0 saturated heterocycles. The van der Waals surface area contributed by atoms with E-state index in [1.807, 2.05) is 31.2 Å². The molecule has 0 spiro atoms. The molecule has 0 bridgehead atoms. The number of hydrogen-bond donors (Lipinski definition) is 2. The highest BCUT2D eigenvalue weighted by molar-refractivity contribution is 5.83. The molecule has 2 aromatic rings. The molecule has 0 aliphatic carbocycles. The smallest absolute Gasteiger partial charge is 0.176 e. The molecule has 0 aliphatic heterocycles. The van der Waals surface area contributed by atoms with Crippen LogP contribution in [0.1, 0.15) is 32.1 Å². The van der Waals surface area contributed by atoms with Crippen molar-refractivity contribution >= 4 is 11.0 Å². The first-order valence-corrected chi connectivity index (χ1v) is 6.59. The molecule has 2 rings (SSSR count). The summed E-state index contributed by atoms with van der Waals surface area (Å²) in [4.78, 5) is 0. The second-order valence-electron chi connectivity index (χ2n) is 4.84. The van der Waals surface area contributed by atoms with Crippen molar-refractivity contribution in [2.45, 2.75) is 32.4 Å². The van der Waals surface area contributed by atoms with Crippen LogP contribution in [0.4, 0.5) is 0 Å². The van der Waals surface area contributed by atoms with E-state index in [0.717, 1.165) is 35.4 Å². The summed E-state index contributed by atoms with van der Waals surface area (Å²) in [6.07, 6.45) is 0.448. The van der Waals surface area contributed by atoms with Crippen molar-refractivity contribution in [2.75, 3.05) is 13.7 Å². The number of methoxy groups -OCH3 is 1. The van der Waals surface area contributed by atoms with Crippen LogP contribution in [0.15, 0.2) is 28.7 Å². The van der Waals surface area contributed by atoms with Crippen LogP contribution in [0.5, 0.6) is 5.75 Å². The highest BCUT2D eigenvalue weighted by Gasteiger charge is 2.13. The van der Waals surface area contributed by atoms with Gasteiger partial charge in [0.2, 0.25) is 0 Å². The molecule has 1 heterocycles. The number of para-hydroxylation sites is 1. The molecule has 4 nitrogen and oxygen atoms in total. The number of aliphatic hydroxyl groups is 1. The summed E-state index contributed by atoms with van der Waals surface area (Å²) in [6, 6.07) is 7.98. The van der Waals surface area contributed by atoms with E-state index in [4.69, 9.17) is 9.15 Å². The van der Waals surface area contributed by atoms with Gasteiger partial charge in [-0.05, 0) is 38.9 Å². The lowest BCUT2D eigenvalue weighted by Crippen LogP contribution is -2.22. The fourth-order valence-corrected chi connectivity index (χ4v) is 2.04. The highest BCUT2D eigenvalue weighted by atomic mass is 16.5. The summed E-state index contributed by atoms with van der Waals surface area (Å²) in [7, 11) is 1.64. The number of benzene rings is 1. The van der Waals surface area contributed by atoms with E-state index in [1.165, 1.54) is 0 Å². The summed E-state index contributed by atoms with van der Waals surface area (Å²) in [5.74, 6) is 1.63. The molecular weight excluding hydrogens is 242 g/mol. The number of hydrogen-bond acceptors (Lipinski definition) is 4. The van der Waals surface area contributed by atoms with Crippen LogP contribution in [0.2, 0.25) is 0 Å². The topological polar surface area (TPSA) is 54.6 Å². The lowest BCUT2D eigenvalue weighted by molar-refractivity contribution is 0.182. The standard InChI is InChI=1S/C15H21NO3/c1-10(17)7-8-16-11(2)14-9-12-5-4-6-13(18-3)15(12)19-14/h4-6,9-11,16-17H,7-8H2,1-3H3. The molecule has 0 aliphatic rings. The predicted octanol–water partition coefficient (Wildman–Crippen LogP) is 2.86. The minimum Gasteiger partial charge on any atom is -0.493 e. The van der Waals surface area contributed by atoms with E-state index in [9.17, 15) is 5.11 Å². The molecule has 2 unspecified atom stereocenters. The van der Waals surface area contributed by atoms with Crippen molar-refractivity contribution in [3.8, 4) is 5.75 Å². The van der Waals surface area contributed by atoms with Crippen molar-refractivity contribution in [2.24, 2.45) is 0 Å². The number of rotatable bonds is 6. The molecule has 19 heavy (non-hydrogen) atoms. The number of ether oxygens (including phenoxy) is 1. The van der Waals surface area contributed by atoms with E-state index >= 15 is 0 Å². The monoisotopic (exact) mass is 263 g/mol. The van der Waals surface area contributed by atoms with E-state index < -0.39 is 0 Å². The van der Waals surface area contributed by atoms with Crippen molar-refractivity contribution < 1.29 is 14.3 Å². The Hall–Kier alpha value is -1.52. The van der Waals surface area contributed by atoms with Crippen LogP contribution in [0.25, 0.3) is 11.0 Å². The van der Waals surface area contributed by atoms with Gasteiger partial charge in [-0.1, -0.05) is 12.1 Å². The molecule has 1 aromatic heterocycles. The van der Waals surface area contributed by atoms with Crippen molar-refractivity contribution in [3.05, 3.63) is 30.0 Å². The maximum atomic E-state index is 9.24. The summed E-state index contributed by atoms with van der Waals surface area (Å²) in [6.45, 7) is 4.59. The lowest BCUT2D eigenvalue weighted by Gasteiger charge is -2.11. The predicted molar refractivity (Wildman–Crippen MR) is 75.5 cm³/mol. The maximum absolute atomic E-state index is 9.24. The molecule has 4 heteroatoms. The van der Waals surface area contributed by atoms with E-state index in [0.29, 0.717) is 0 Å². The summed E-state index contributed by atoms with van der Waals surface area (Å²) in [5.41, 5.74) is 0.782. The number of aliphatic hydroxyl groups excluding tert-OH is 1. The van der Waals surface area contributed by atoms with Gasteiger partial charge >= 0.3 is 0 Å². The first kappa shape index (κ1) is 13.9. The Morgan fingerprint density at radius 1 is 1.37 bits per heavy atom. The molecule has 0 saturated carbocycles. The minimum atomic E-state index is -0.282. The molecule has 2 N–H and O–H groups in total. The lowest BCUT2D eigenvalue weighted by atomic mass is 10.2. The van der Waals surface area contributed by atoms with E-state index in [2.05, 4.69) is 5.32 Å². The van der Waals surface area contributed by atoms with Crippen LogP contribution in [-0.4, -0.2) is 24.9 Å². The molecule has 0 radical (unpaired) electrons. The van der Waals surface area contributed by atoms with Crippen LogP contribution in [-0.2, 0) is 0 Å². The van der Waals surface area contributed by atoms with Gasteiger partial charge in [-0.2, -0.15) is 0 Å². The van der Waals surface area contributed by atoms with Crippen LogP contribution in [0, 0.1) is 0 Å². The highest BCUT2D eigenvalue weighted by Crippen LogP contribution is 2.30. The first-order valence-electron chi connectivity index (χ1n) is 6.59. The van der Waals surface area contributed by atoms with Gasteiger partial charge < -0.3 is 19.6 Å². The molecule has 1 aromatic carbocycles. The van der Waals surface area contributed by atoms with Crippen molar-refractivity contribution in [3.63, 3.8) is 0 Å². The van der Waals surface area contributed by atoms with E-state index in [1.54, 1.807) is 14.0 Å². The molecule has 104 valence electrons. The average molecular weight is 263 g/mol. The SMILES string of the molecule is COc1cccc2cc(C(C)NCCC(C)O)oc12. The van der Waals surface area contributed by atoms with Gasteiger partial charge in [0.25, 0.3) is 0 Å². The first-order chi connectivity index (χ1) is 9.11. The van der Waals surface area contributed by atoms with Crippen LogP contribution >= 0.6 is 0 Å². The molecule has 2 atom stereocenters. The van der Waals surface area contributed by atoms with Gasteiger partial charge in [0.15, 0.2) is 11.3 Å². The van der Waals surface area contributed by atoms with Crippen molar-refractivity contribution in [1.82, 2.24) is 5.32 Å². The third-order valence-electron chi connectivity index (χ3n) is 3.19. The Morgan fingerprint density at radius 3 is 2.84 bits per heavy atom. The normalized spacial score (nSPS) is 14.5. The number of fused-ring (bicyclic) bond motifs is 1. The number of nitrogens with one attached hydrogen (secondary N) is 1. The van der Waals surface area contributed by atoms with Gasteiger partial charge in [0.05, 0.1) is 19.3 Å². The zero-order chi connectivity index (χ0) is 13.8. The quantitative estimate of drug-likeness (QED) is 0.841. The summed E-state index contributed by atoms with van der Waals surface area (Å²) < 4.78 is 11.1. The minimum absolute atomic E-state index is 0.107.